The van der Waals surface area contributed by atoms with Crippen molar-refractivity contribution in [3.63, 3.8) is 0 Å². The lowest BCUT2D eigenvalue weighted by Gasteiger charge is -1.82. The third-order valence-electron chi connectivity index (χ3n) is 0.814. The molecule has 0 bridgehead atoms. The summed E-state index contributed by atoms with van der Waals surface area (Å²) in [5.41, 5.74) is 6.16. The number of rotatable bonds is 1. The molecule has 0 amide bonds. The van der Waals surface area contributed by atoms with Crippen LogP contribution in [0, 0.1) is 0 Å². The molecule has 8 heavy (non-hydrogen) atoms. The fourth-order valence-corrected chi connectivity index (χ4v) is 0.726. The molecule has 0 radical (unpaired) electrons. The minimum Gasteiger partial charge on any atom is -0.349 e. The zero-order valence-electron chi connectivity index (χ0n) is 4.10. The quantitative estimate of drug-likeness (QED) is 0.693. The fourth-order valence-electron chi connectivity index (χ4n) is 0.379. The summed E-state index contributed by atoms with van der Waals surface area (Å²) in [5, 5.41) is 3.49. The highest BCUT2D eigenvalue weighted by Crippen LogP contribution is 2.13. The molecule has 0 aliphatic rings. The summed E-state index contributed by atoms with van der Waals surface area (Å²) in [6.07, 6.45) is 1.59. The third kappa shape index (κ3) is 0.900. The number of nitrogens with two attached hydrogens (primary N) is 1. The minimum atomic E-state index is 0.462. The summed E-state index contributed by atoms with van der Waals surface area (Å²) in [6.45, 7) is 0.462. The first-order chi connectivity index (χ1) is 3.84. The topological polar surface area (TPSA) is 52.0 Å². The Hall–Kier alpha value is -0.350. The molecule has 1 aromatic heterocycles. The molecule has 0 aromatic carbocycles. The van der Waals surface area contributed by atoms with Crippen LogP contribution >= 0.6 is 15.9 Å². The van der Waals surface area contributed by atoms with Crippen molar-refractivity contribution in [2.45, 2.75) is 6.54 Å². The van der Waals surface area contributed by atoms with Gasteiger partial charge < -0.3 is 10.3 Å². The summed E-state index contributed by atoms with van der Waals surface area (Å²) in [6, 6.07) is 0. The van der Waals surface area contributed by atoms with Crippen LogP contribution in [0.3, 0.4) is 0 Å². The van der Waals surface area contributed by atoms with Crippen molar-refractivity contribution < 1.29 is 4.52 Å². The molecule has 0 atom stereocenters. The molecule has 3 nitrogen and oxygen atoms in total. The summed E-state index contributed by atoms with van der Waals surface area (Å²) in [5.74, 6) is 0. The third-order valence-corrected chi connectivity index (χ3v) is 1.47. The Bertz CT molecular complexity index is 174. The Morgan fingerprint density at radius 2 is 2.62 bits per heavy atom. The van der Waals surface area contributed by atoms with E-state index >= 15 is 0 Å². The Kier molecular flexibility index (Phi) is 1.65. The fraction of sp³-hybridized carbons (Fsp3) is 0.250. The predicted octanol–water partition coefficient (Wildman–Crippen LogP) is 0.896. The van der Waals surface area contributed by atoms with Crippen LogP contribution in [0.15, 0.2) is 15.4 Å². The highest BCUT2D eigenvalue weighted by atomic mass is 79.9. The van der Waals surface area contributed by atoms with E-state index in [1.807, 2.05) is 0 Å². The van der Waals surface area contributed by atoms with Crippen molar-refractivity contribution in [1.29, 1.82) is 0 Å². The van der Waals surface area contributed by atoms with E-state index in [0.717, 1.165) is 5.56 Å². The maximum Gasteiger partial charge on any atom is 0.206 e. The molecule has 1 aromatic rings. The van der Waals surface area contributed by atoms with Crippen molar-refractivity contribution >= 4 is 15.9 Å². The van der Waals surface area contributed by atoms with Gasteiger partial charge in [0.2, 0.25) is 4.67 Å². The minimum absolute atomic E-state index is 0.462. The van der Waals surface area contributed by atoms with E-state index in [9.17, 15) is 0 Å². The lowest BCUT2D eigenvalue weighted by molar-refractivity contribution is 0.399. The van der Waals surface area contributed by atoms with Gasteiger partial charge in [0.25, 0.3) is 0 Å². The molecule has 44 valence electrons. The smallest absolute Gasteiger partial charge is 0.206 e. The predicted molar refractivity (Wildman–Crippen MR) is 32.1 cm³/mol. The first-order valence-corrected chi connectivity index (χ1v) is 2.93. The highest BCUT2D eigenvalue weighted by Gasteiger charge is 1.98. The first-order valence-electron chi connectivity index (χ1n) is 2.13. The average Bonchev–Trinajstić information content (AvgIpc) is 2.14. The van der Waals surface area contributed by atoms with E-state index in [2.05, 4.69) is 25.6 Å². The maximum absolute atomic E-state index is 5.27. The largest absolute Gasteiger partial charge is 0.349 e. The molecule has 0 saturated carbocycles. The SMILES string of the molecule is NCc1cnoc1Br. The zero-order chi connectivity index (χ0) is 5.98. The second kappa shape index (κ2) is 2.28. The monoisotopic (exact) mass is 176 g/mol. The summed E-state index contributed by atoms with van der Waals surface area (Å²) < 4.78 is 5.27. The van der Waals surface area contributed by atoms with E-state index in [4.69, 9.17) is 5.73 Å². The molecule has 1 heterocycles. The van der Waals surface area contributed by atoms with Crippen LogP contribution < -0.4 is 5.73 Å². The molecule has 0 unspecified atom stereocenters. The summed E-state index contributed by atoms with van der Waals surface area (Å²) in [7, 11) is 0. The van der Waals surface area contributed by atoms with Crippen LogP contribution in [0.2, 0.25) is 0 Å². The van der Waals surface area contributed by atoms with Crippen molar-refractivity contribution in [3.8, 4) is 0 Å². The number of hydrogen-bond acceptors (Lipinski definition) is 3. The molecule has 1 rings (SSSR count). The van der Waals surface area contributed by atoms with Gasteiger partial charge in [-0.25, -0.2) is 0 Å². The van der Waals surface area contributed by atoms with Gasteiger partial charge in [-0.3, -0.25) is 0 Å². The maximum atomic E-state index is 5.27. The first kappa shape index (κ1) is 5.78. The van der Waals surface area contributed by atoms with Gasteiger partial charge in [0.1, 0.15) is 0 Å². The van der Waals surface area contributed by atoms with Gasteiger partial charge in [-0.05, 0) is 15.9 Å². The van der Waals surface area contributed by atoms with Crippen LogP contribution in [0.5, 0.6) is 0 Å². The van der Waals surface area contributed by atoms with Crippen molar-refractivity contribution in [2.24, 2.45) is 5.73 Å². The number of hydrogen-bond donors (Lipinski definition) is 1. The second-order valence-electron chi connectivity index (χ2n) is 1.33. The van der Waals surface area contributed by atoms with Gasteiger partial charge in [-0.1, -0.05) is 5.16 Å². The molecule has 0 saturated heterocycles. The Morgan fingerprint density at radius 3 is 2.88 bits per heavy atom. The van der Waals surface area contributed by atoms with Gasteiger partial charge in [0, 0.05) is 12.1 Å². The van der Waals surface area contributed by atoms with Crippen LogP contribution in [0.1, 0.15) is 5.56 Å². The highest BCUT2D eigenvalue weighted by molar-refractivity contribution is 9.10. The average molecular weight is 177 g/mol. The molecule has 2 N–H and O–H groups in total. The zero-order valence-corrected chi connectivity index (χ0v) is 5.68. The van der Waals surface area contributed by atoms with Crippen LogP contribution in [-0.2, 0) is 6.54 Å². The standard InChI is InChI=1S/C4H5BrN2O/c5-4-3(1-6)2-7-8-4/h2H,1,6H2. The van der Waals surface area contributed by atoms with Gasteiger partial charge in [-0.15, -0.1) is 0 Å². The Morgan fingerprint density at radius 1 is 1.88 bits per heavy atom. The van der Waals surface area contributed by atoms with Crippen LogP contribution in [-0.4, -0.2) is 5.16 Å². The van der Waals surface area contributed by atoms with Gasteiger partial charge >= 0.3 is 0 Å². The molecule has 0 spiro atoms. The van der Waals surface area contributed by atoms with E-state index in [-0.39, 0.29) is 0 Å². The van der Waals surface area contributed by atoms with E-state index in [0.29, 0.717) is 11.2 Å². The molecule has 4 heteroatoms. The van der Waals surface area contributed by atoms with E-state index in [1.54, 1.807) is 6.20 Å². The van der Waals surface area contributed by atoms with Crippen LogP contribution in [0.25, 0.3) is 0 Å². The van der Waals surface area contributed by atoms with Crippen molar-refractivity contribution in [3.05, 3.63) is 16.4 Å². The summed E-state index contributed by atoms with van der Waals surface area (Å²) >= 11 is 3.12. The normalized spacial score (nSPS) is 9.75. The lowest BCUT2D eigenvalue weighted by Crippen LogP contribution is -1.93. The molecule has 0 fully saturated rings. The lowest BCUT2D eigenvalue weighted by atomic mass is 10.4. The van der Waals surface area contributed by atoms with Gasteiger partial charge in [-0.2, -0.15) is 0 Å². The van der Waals surface area contributed by atoms with Gasteiger partial charge in [0.15, 0.2) is 0 Å². The van der Waals surface area contributed by atoms with Gasteiger partial charge in [0.05, 0.1) is 6.20 Å². The van der Waals surface area contributed by atoms with E-state index < -0.39 is 0 Å². The number of aromatic nitrogens is 1. The van der Waals surface area contributed by atoms with Crippen LogP contribution in [0.4, 0.5) is 0 Å². The van der Waals surface area contributed by atoms with E-state index in [1.165, 1.54) is 0 Å². The Balaban J connectivity index is 2.92. The molecular weight excluding hydrogens is 172 g/mol. The number of halogens is 1. The second-order valence-corrected chi connectivity index (χ2v) is 2.05. The molecular formula is C4H5BrN2O. The van der Waals surface area contributed by atoms with Crippen molar-refractivity contribution in [2.75, 3.05) is 0 Å². The molecule has 0 aliphatic carbocycles. The number of nitrogens with zero attached hydrogens (tertiary/aromatic N) is 1. The Labute approximate surface area is 55.0 Å². The van der Waals surface area contributed by atoms with Crippen molar-refractivity contribution in [1.82, 2.24) is 5.16 Å². The summed E-state index contributed by atoms with van der Waals surface area (Å²) in [4.78, 5) is 0. The molecule has 0 aliphatic heterocycles.